The molecule has 3 aromatic rings. The molecule has 0 aliphatic carbocycles. The van der Waals surface area contributed by atoms with Crippen LogP contribution < -0.4 is 10.6 Å². The Morgan fingerprint density at radius 3 is 1.98 bits per heavy atom. The number of alkyl halides is 6. The topological polar surface area (TPSA) is 116 Å². The Morgan fingerprint density at radius 2 is 1.43 bits per heavy atom. The fourth-order valence-corrected chi connectivity index (χ4v) is 5.81. The first-order valence-electron chi connectivity index (χ1n) is 13.7. The Morgan fingerprint density at radius 1 is 0.848 bits per heavy atom. The summed E-state index contributed by atoms with van der Waals surface area (Å²) >= 11 is 7.90. The number of carboxylic acids is 2. The summed E-state index contributed by atoms with van der Waals surface area (Å²) < 4.78 is 78.4. The summed E-state index contributed by atoms with van der Waals surface area (Å²) in [5.41, 5.74) is 0.531. The Bertz CT molecular complexity index is 1490. The lowest BCUT2D eigenvalue weighted by Crippen LogP contribution is -2.23. The average Bonchev–Trinajstić information content (AvgIpc) is 3.18. The molecular weight excluding hydrogens is 662 g/mol. The Balaban J connectivity index is 0.000000637. The van der Waals surface area contributed by atoms with E-state index in [-0.39, 0.29) is 35.3 Å². The molecule has 0 bridgehead atoms. The largest absolute Gasteiger partial charge is 0.481 e. The number of benzene rings is 3. The van der Waals surface area contributed by atoms with E-state index >= 15 is 0 Å². The van der Waals surface area contributed by atoms with E-state index in [2.05, 4.69) is 16.7 Å². The van der Waals surface area contributed by atoms with E-state index in [4.69, 9.17) is 21.8 Å². The van der Waals surface area contributed by atoms with Gasteiger partial charge in [-0.25, -0.2) is 0 Å². The lowest BCUT2D eigenvalue weighted by Gasteiger charge is -2.17. The van der Waals surface area contributed by atoms with Crippen molar-refractivity contribution in [2.45, 2.75) is 49.2 Å². The zero-order chi connectivity index (χ0) is 34.1. The minimum absolute atomic E-state index is 0.0565. The number of amides is 1. The van der Waals surface area contributed by atoms with Gasteiger partial charge in [0.05, 0.1) is 24.0 Å². The zero-order valence-corrected chi connectivity index (χ0v) is 25.5. The van der Waals surface area contributed by atoms with E-state index in [9.17, 15) is 40.7 Å². The second-order valence-electron chi connectivity index (χ2n) is 10.2. The van der Waals surface area contributed by atoms with Crippen LogP contribution in [-0.4, -0.2) is 41.1 Å². The normalized spacial score (nSPS) is 14.7. The van der Waals surface area contributed by atoms with Crippen molar-refractivity contribution in [3.63, 3.8) is 0 Å². The molecule has 0 fully saturated rings. The highest BCUT2D eigenvalue weighted by Crippen LogP contribution is 2.37. The van der Waals surface area contributed by atoms with Crippen LogP contribution in [0.4, 0.5) is 26.3 Å². The second-order valence-corrected chi connectivity index (χ2v) is 11.8. The highest BCUT2D eigenvalue weighted by Gasteiger charge is 2.36. The number of carbonyl (C=O) groups is 3. The van der Waals surface area contributed by atoms with Gasteiger partial charge < -0.3 is 20.8 Å². The molecule has 1 unspecified atom stereocenters. The van der Waals surface area contributed by atoms with Gasteiger partial charge in [0, 0.05) is 34.7 Å². The molecule has 0 radical (unpaired) electrons. The number of carboxylic acid groups (broad SMARTS) is 2. The van der Waals surface area contributed by atoms with Gasteiger partial charge in [0.25, 0.3) is 5.91 Å². The van der Waals surface area contributed by atoms with Crippen molar-refractivity contribution >= 4 is 41.2 Å². The monoisotopic (exact) mass is 690 g/mol. The van der Waals surface area contributed by atoms with Crippen LogP contribution >= 0.6 is 23.4 Å². The summed E-state index contributed by atoms with van der Waals surface area (Å²) in [7, 11) is 0. The number of halogens is 7. The molecule has 4 rings (SSSR count). The van der Waals surface area contributed by atoms with Gasteiger partial charge in [0.1, 0.15) is 0 Å². The lowest BCUT2D eigenvalue weighted by molar-refractivity contribution is -0.143. The minimum Gasteiger partial charge on any atom is -0.481 e. The van der Waals surface area contributed by atoms with Crippen LogP contribution in [0.2, 0.25) is 5.02 Å². The van der Waals surface area contributed by atoms with Gasteiger partial charge in [-0.2, -0.15) is 26.3 Å². The molecule has 1 amide bonds. The summed E-state index contributed by atoms with van der Waals surface area (Å²) in [6, 6.07) is 13.9. The quantitative estimate of drug-likeness (QED) is 0.173. The number of fused-ring (bicyclic) bond motifs is 1. The lowest BCUT2D eigenvalue weighted by atomic mass is 10.0. The molecule has 1 aliphatic heterocycles. The van der Waals surface area contributed by atoms with Gasteiger partial charge in [0.2, 0.25) is 0 Å². The van der Waals surface area contributed by atoms with Crippen LogP contribution in [0, 0.1) is 0 Å². The number of aliphatic carboxylic acids is 2. The van der Waals surface area contributed by atoms with Crippen LogP contribution in [0.5, 0.6) is 0 Å². The van der Waals surface area contributed by atoms with Crippen LogP contribution in [-0.2, 0) is 40.7 Å². The van der Waals surface area contributed by atoms with Crippen molar-refractivity contribution in [3.05, 3.63) is 105 Å². The van der Waals surface area contributed by atoms with E-state index in [1.807, 2.05) is 12.1 Å². The number of thioether (sulfide) groups is 1. The van der Waals surface area contributed by atoms with E-state index in [1.54, 1.807) is 36.0 Å². The van der Waals surface area contributed by atoms with E-state index in [0.717, 1.165) is 25.1 Å². The number of nitrogens with one attached hydrogen (secondary N) is 2. The number of hydrogen-bond donors (Lipinski definition) is 4. The van der Waals surface area contributed by atoms with Crippen molar-refractivity contribution in [3.8, 4) is 0 Å². The average molecular weight is 691 g/mol. The molecule has 248 valence electrons. The fraction of sp³-hybridized carbons (Fsp3) is 0.323. The van der Waals surface area contributed by atoms with Gasteiger partial charge in [0.15, 0.2) is 0 Å². The van der Waals surface area contributed by atoms with E-state index in [0.29, 0.717) is 22.9 Å². The van der Waals surface area contributed by atoms with Gasteiger partial charge in [-0.15, -0.1) is 11.8 Å². The van der Waals surface area contributed by atoms with Crippen molar-refractivity contribution in [2.24, 2.45) is 0 Å². The van der Waals surface area contributed by atoms with Crippen LogP contribution in [0.1, 0.15) is 61.8 Å². The summed E-state index contributed by atoms with van der Waals surface area (Å²) in [5, 5.41) is 22.6. The SMILES string of the molecule is O=C(NCc1cc(C(F)(F)F)cc(C(F)(F)F)c1)c1ccc(CSC2CNCCc3cc(Cl)ccc32)cc1.O=C(O)CCC(=O)O. The smallest absolute Gasteiger partial charge is 0.416 e. The van der Waals surface area contributed by atoms with Crippen molar-refractivity contribution in [2.75, 3.05) is 13.1 Å². The van der Waals surface area contributed by atoms with Crippen molar-refractivity contribution in [1.82, 2.24) is 10.6 Å². The fourth-order valence-electron chi connectivity index (χ4n) is 4.39. The predicted octanol–water partition coefficient (Wildman–Crippen LogP) is 7.36. The minimum atomic E-state index is -4.95. The number of hydrogen-bond acceptors (Lipinski definition) is 5. The molecule has 4 N–H and O–H groups in total. The van der Waals surface area contributed by atoms with Crippen molar-refractivity contribution in [1.29, 1.82) is 0 Å². The van der Waals surface area contributed by atoms with Crippen LogP contribution in [0.25, 0.3) is 0 Å². The second kappa shape index (κ2) is 16.2. The van der Waals surface area contributed by atoms with Gasteiger partial charge in [-0.3, -0.25) is 14.4 Å². The third kappa shape index (κ3) is 11.6. The third-order valence-corrected chi connectivity index (χ3v) is 8.23. The maximum Gasteiger partial charge on any atom is 0.416 e. The Kier molecular flexibility index (Phi) is 12.9. The summed E-state index contributed by atoms with van der Waals surface area (Å²) in [6.45, 7) is 1.19. The summed E-state index contributed by atoms with van der Waals surface area (Å²) in [5.74, 6) is -2.07. The zero-order valence-electron chi connectivity index (χ0n) is 24.0. The molecule has 0 aromatic heterocycles. The first-order chi connectivity index (χ1) is 21.5. The Labute approximate surface area is 269 Å². The van der Waals surface area contributed by atoms with Crippen LogP contribution in [0.15, 0.2) is 60.7 Å². The van der Waals surface area contributed by atoms with Gasteiger partial charge >= 0.3 is 24.3 Å². The maximum absolute atomic E-state index is 13.1. The highest BCUT2D eigenvalue weighted by molar-refractivity contribution is 7.98. The number of rotatable bonds is 9. The molecule has 3 aromatic carbocycles. The molecule has 1 aliphatic rings. The van der Waals surface area contributed by atoms with Crippen molar-refractivity contribution < 1.29 is 50.9 Å². The van der Waals surface area contributed by atoms with Crippen LogP contribution in [0.3, 0.4) is 0 Å². The molecule has 0 spiro atoms. The first kappa shape index (κ1) is 36.7. The molecule has 15 heteroatoms. The first-order valence-corrected chi connectivity index (χ1v) is 15.2. The molecular formula is C31H29ClF6N2O5S. The maximum atomic E-state index is 13.1. The van der Waals surface area contributed by atoms with E-state index < -0.39 is 47.9 Å². The van der Waals surface area contributed by atoms with Gasteiger partial charge in [-0.1, -0.05) is 29.8 Å². The standard InChI is InChI=1S/C27H23ClF6N2OS.C4H6O4/c28-22-5-6-23-19(11-22)7-8-35-14-24(23)38-15-16-1-3-18(4-2-16)25(37)36-13-17-9-20(26(29,30)31)12-21(10-17)27(32,33)34;5-3(6)1-2-4(7)8/h1-6,9-12,24,35H,7-8,13-15H2,(H,36,37);1-2H2,(H,5,6)(H,7,8). The molecule has 7 nitrogen and oxygen atoms in total. The highest BCUT2D eigenvalue weighted by atomic mass is 35.5. The summed E-state index contributed by atoms with van der Waals surface area (Å²) in [6.07, 6.45) is -9.59. The number of carbonyl (C=O) groups excluding carboxylic acids is 1. The predicted molar refractivity (Wildman–Crippen MR) is 161 cm³/mol. The molecule has 0 saturated heterocycles. The molecule has 0 saturated carbocycles. The molecule has 1 heterocycles. The molecule has 1 atom stereocenters. The van der Waals surface area contributed by atoms with Gasteiger partial charge in [-0.05, 0) is 77.7 Å². The molecule has 46 heavy (non-hydrogen) atoms. The summed E-state index contributed by atoms with van der Waals surface area (Å²) in [4.78, 5) is 31.8. The third-order valence-electron chi connectivity index (χ3n) is 6.67. The van der Waals surface area contributed by atoms with E-state index in [1.165, 1.54) is 11.1 Å². The Hall–Kier alpha value is -3.75.